The molecule has 0 saturated carbocycles. The lowest BCUT2D eigenvalue weighted by molar-refractivity contribution is -0.274. The highest BCUT2D eigenvalue weighted by Crippen LogP contribution is 2.33. The molecule has 2 nitrogen and oxygen atoms in total. The highest BCUT2D eigenvalue weighted by Gasteiger charge is 2.32. The van der Waals surface area contributed by atoms with Crippen LogP contribution in [0.15, 0.2) is 53.0 Å². The van der Waals surface area contributed by atoms with Gasteiger partial charge in [0.1, 0.15) is 0 Å². The van der Waals surface area contributed by atoms with E-state index in [1.165, 1.54) is 12.1 Å². The second-order valence-electron chi connectivity index (χ2n) is 4.03. The van der Waals surface area contributed by atoms with Crippen molar-refractivity contribution in [3.63, 3.8) is 0 Å². The van der Waals surface area contributed by atoms with Crippen molar-refractivity contribution in [2.45, 2.75) is 12.9 Å². The van der Waals surface area contributed by atoms with Gasteiger partial charge in [0, 0.05) is 11.0 Å². The van der Waals surface area contributed by atoms with E-state index in [4.69, 9.17) is 0 Å². The third-order valence-corrected chi connectivity index (χ3v) is 2.99. The Kier molecular flexibility index (Phi) is 4.54. The number of nitrogens with one attached hydrogen (secondary N) is 1. The minimum Gasteiger partial charge on any atom is -0.404 e. The van der Waals surface area contributed by atoms with E-state index in [0.717, 1.165) is 5.56 Å². The van der Waals surface area contributed by atoms with Gasteiger partial charge in [-0.05, 0) is 23.8 Å². The molecular weight excluding hydrogens is 335 g/mol. The van der Waals surface area contributed by atoms with Gasteiger partial charge in [0.05, 0.1) is 5.69 Å². The van der Waals surface area contributed by atoms with E-state index in [1.54, 1.807) is 6.07 Å². The molecule has 106 valence electrons. The Hall–Kier alpha value is -1.69. The van der Waals surface area contributed by atoms with E-state index in [2.05, 4.69) is 26.0 Å². The van der Waals surface area contributed by atoms with E-state index in [-0.39, 0.29) is 11.4 Å². The molecule has 0 saturated heterocycles. The van der Waals surface area contributed by atoms with E-state index in [9.17, 15) is 13.2 Å². The van der Waals surface area contributed by atoms with Gasteiger partial charge in [-0.3, -0.25) is 0 Å². The van der Waals surface area contributed by atoms with Crippen LogP contribution in [0, 0.1) is 0 Å². The molecule has 0 aromatic heterocycles. The average Bonchev–Trinajstić information content (AvgIpc) is 2.37. The van der Waals surface area contributed by atoms with Crippen LogP contribution in [0.5, 0.6) is 5.75 Å². The molecule has 0 atom stereocenters. The summed E-state index contributed by atoms with van der Waals surface area (Å²) in [6, 6.07) is 13.8. The first-order chi connectivity index (χ1) is 9.44. The first kappa shape index (κ1) is 14.7. The number of benzene rings is 2. The molecular formula is C14H11BrF3NO. The highest BCUT2D eigenvalue weighted by molar-refractivity contribution is 9.10. The smallest absolute Gasteiger partial charge is 0.404 e. The van der Waals surface area contributed by atoms with Crippen LogP contribution >= 0.6 is 15.9 Å². The molecule has 0 fully saturated rings. The van der Waals surface area contributed by atoms with Crippen molar-refractivity contribution < 1.29 is 17.9 Å². The van der Waals surface area contributed by atoms with Crippen LogP contribution in [-0.4, -0.2) is 6.36 Å². The maximum Gasteiger partial charge on any atom is 0.573 e. The molecule has 2 rings (SSSR count). The predicted octanol–water partition coefficient (Wildman–Crippen LogP) is 4.96. The third kappa shape index (κ3) is 4.45. The normalized spacial score (nSPS) is 11.2. The van der Waals surface area contributed by atoms with Crippen LogP contribution in [0.4, 0.5) is 18.9 Å². The van der Waals surface area contributed by atoms with Crippen LogP contribution in [0.25, 0.3) is 0 Å². The second kappa shape index (κ2) is 6.17. The lowest BCUT2D eigenvalue weighted by Gasteiger charge is -2.15. The van der Waals surface area contributed by atoms with Crippen molar-refractivity contribution in [2.24, 2.45) is 0 Å². The molecule has 0 spiro atoms. The van der Waals surface area contributed by atoms with Crippen LogP contribution in [0.2, 0.25) is 0 Å². The molecule has 0 bridgehead atoms. The van der Waals surface area contributed by atoms with Crippen molar-refractivity contribution in [1.29, 1.82) is 0 Å². The maximum atomic E-state index is 12.4. The van der Waals surface area contributed by atoms with Gasteiger partial charge in [-0.2, -0.15) is 0 Å². The summed E-state index contributed by atoms with van der Waals surface area (Å²) in [4.78, 5) is 0. The van der Waals surface area contributed by atoms with Crippen LogP contribution < -0.4 is 10.1 Å². The largest absolute Gasteiger partial charge is 0.573 e. The van der Waals surface area contributed by atoms with Crippen LogP contribution in [0.1, 0.15) is 5.56 Å². The number of halogens is 4. The van der Waals surface area contributed by atoms with Gasteiger partial charge >= 0.3 is 6.36 Å². The SMILES string of the molecule is FC(F)(F)Oc1cc(Br)ccc1NCc1ccccc1. The summed E-state index contributed by atoms with van der Waals surface area (Å²) in [5, 5.41) is 2.93. The van der Waals surface area contributed by atoms with Crippen LogP contribution in [-0.2, 0) is 6.54 Å². The number of hydrogen-bond acceptors (Lipinski definition) is 2. The van der Waals surface area contributed by atoms with E-state index in [0.29, 0.717) is 11.0 Å². The van der Waals surface area contributed by atoms with Crippen molar-refractivity contribution in [3.8, 4) is 5.75 Å². The fraction of sp³-hybridized carbons (Fsp3) is 0.143. The minimum absolute atomic E-state index is 0.261. The summed E-state index contributed by atoms with van der Waals surface area (Å²) in [6.07, 6.45) is -4.72. The van der Waals surface area contributed by atoms with Crippen molar-refractivity contribution in [3.05, 3.63) is 58.6 Å². The minimum atomic E-state index is -4.72. The summed E-state index contributed by atoms with van der Waals surface area (Å²) in [7, 11) is 0. The Bertz CT molecular complexity index is 572. The highest BCUT2D eigenvalue weighted by atomic mass is 79.9. The quantitative estimate of drug-likeness (QED) is 0.845. The molecule has 6 heteroatoms. The van der Waals surface area contributed by atoms with E-state index >= 15 is 0 Å². The Morgan fingerprint density at radius 1 is 1.05 bits per heavy atom. The predicted molar refractivity (Wildman–Crippen MR) is 74.6 cm³/mol. The van der Waals surface area contributed by atoms with Gasteiger partial charge in [-0.25, -0.2) is 0 Å². The molecule has 0 heterocycles. The van der Waals surface area contributed by atoms with Gasteiger partial charge in [0.25, 0.3) is 0 Å². The number of anilines is 1. The molecule has 20 heavy (non-hydrogen) atoms. The Balaban J connectivity index is 2.14. The molecule has 0 amide bonds. The third-order valence-electron chi connectivity index (χ3n) is 2.50. The Labute approximate surface area is 122 Å². The topological polar surface area (TPSA) is 21.3 Å². The second-order valence-corrected chi connectivity index (χ2v) is 4.94. The van der Waals surface area contributed by atoms with Crippen LogP contribution in [0.3, 0.4) is 0 Å². The Morgan fingerprint density at radius 3 is 2.40 bits per heavy atom. The first-order valence-corrected chi connectivity index (χ1v) is 6.56. The molecule has 2 aromatic rings. The molecule has 0 aliphatic carbocycles. The van der Waals surface area contributed by atoms with E-state index in [1.807, 2.05) is 30.3 Å². The Morgan fingerprint density at radius 2 is 1.75 bits per heavy atom. The van der Waals surface area contributed by atoms with Crippen molar-refractivity contribution in [2.75, 3.05) is 5.32 Å². The van der Waals surface area contributed by atoms with Crippen molar-refractivity contribution in [1.82, 2.24) is 0 Å². The van der Waals surface area contributed by atoms with Gasteiger partial charge in [-0.1, -0.05) is 46.3 Å². The van der Waals surface area contributed by atoms with Gasteiger partial charge in [0.2, 0.25) is 0 Å². The van der Waals surface area contributed by atoms with Gasteiger partial charge < -0.3 is 10.1 Å². The zero-order valence-corrected chi connectivity index (χ0v) is 11.8. The molecule has 2 aromatic carbocycles. The van der Waals surface area contributed by atoms with E-state index < -0.39 is 6.36 Å². The number of ether oxygens (including phenoxy) is 1. The van der Waals surface area contributed by atoms with Crippen molar-refractivity contribution >= 4 is 21.6 Å². The zero-order valence-electron chi connectivity index (χ0n) is 10.2. The molecule has 0 unspecified atom stereocenters. The molecule has 1 N–H and O–H groups in total. The lowest BCUT2D eigenvalue weighted by Crippen LogP contribution is -2.18. The lowest BCUT2D eigenvalue weighted by atomic mass is 10.2. The summed E-state index contributed by atoms with van der Waals surface area (Å²) in [6.45, 7) is 0.413. The number of hydrogen-bond donors (Lipinski definition) is 1. The molecule has 0 aliphatic rings. The summed E-state index contributed by atoms with van der Waals surface area (Å²) >= 11 is 3.12. The fourth-order valence-corrected chi connectivity index (χ4v) is 1.98. The standard InChI is InChI=1S/C14H11BrF3NO/c15-11-6-7-12(13(8-11)20-14(16,17)18)19-9-10-4-2-1-3-5-10/h1-8,19H,9H2. The van der Waals surface area contributed by atoms with Gasteiger partial charge in [0.15, 0.2) is 5.75 Å². The first-order valence-electron chi connectivity index (χ1n) is 5.77. The fourth-order valence-electron chi connectivity index (χ4n) is 1.64. The summed E-state index contributed by atoms with van der Waals surface area (Å²) in [5.74, 6) is -0.261. The monoisotopic (exact) mass is 345 g/mol. The number of alkyl halides is 3. The summed E-state index contributed by atoms with van der Waals surface area (Å²) in [5.41, 5.74) is 1.25. The zero-order chi connectivity index (χ0) is 14.6. The molecule has 0 radical (unpaired) electrons. The maximum absolute atomic E-state index is 12.4. The summed E-state index contributed by atoms with van der Waals surface area (Å²) < 4.78 is 41.6. The molecule has 0 aliphatic heterocycles. The van der Waals surface area contributed by atoms with Gasteiger partial charge in [-0.15, -0.1) is 13.2 Å². The number of rotatable bonds is 4. The average molecular weight is 346 g/mol.